The third kappa shape index (κ3) is 2.56. The summed E-state index contributed by atoms with van der Waals surface area (Å²) >= 11 is 3.36. The van der Waals surface area contributed by atoms with E-state index in [2.05, 4.69) is 15.9 Å². The highest BCUT2D eigenvalue weighted by Crippen LogP contribution is 2.22. The molecule has 0 bridgehead atoms. The van der Waals surface area contributed by atoms with E-state index < -0.39 is 0 Å². The number of nitrogens with two attached hydrogens (primary N) is 1. The van der Waals surface area contributed by atoms with Crippen LogP contribution in [0, 0.1) is 6.92 Å². The smallest absolute Gasteiger partial charge is 0.194 e. The van der Waals surface area contributed by atoms with Gasteiger partial charge in [0.05, 0.1) is 0 Å². The highest BCUT2D eigenvalue weighted by Gasteiger charge is 2.12. The Kier molecular flexibility index (Phi) is 3.29. The summed E-state index contributed by atoms with van der Waals surface area (Å²) in [6.07, 6.45) is 0. The van der Waals surface area contributed by atoms with Gasteiger partial charge in [0.25, 0.3) is 0 Å². The molecule has 0 aliphatic carbocycles. The molecule has 0 radical (unpaired) electrons. The molecule has 0 atom stereocenters. The van der Waals surface area contributed by atoms with Gasteiger partial charge in [-0.05, 0) is 41.1 Å². The van der Waals surface area contributed by atoms with Gasteiger partial charge in [-0.15, -0.1) is 0 Å². The van der Waals surface area contributed by atoms with Crippen molar-refractivity contribution >= 4 is 27.4 Å². The average Bonchev–Trinajstić information content (AvgIpc) is 2.29. The maximum absolute atomic E-state index is 12.2. The second kappa shape index (κ2) is 4.72. The molecule has 0 amide bonds. The largest absolute Gasteiger partial charge is 0.399 e. The van der Waals surface area contributed by atoms with Gasteiger partial charge in [0.15, 0.2) is 5.78 Å². The number of rotatable bonds is 2. The molecule has 0 unspecified atom stereocenters. The van der Waals surface area contributed by atoms with Crippen LogP contribution in [0.25, 0.3) is 0 Å². The molecule has 2 rings (SSSR count). The molecule has 3 heteroatoms. The monoisotopic (exact) mass is 289 g/mol. The Morgan fingerprint density at radius 2 is 1.76 bits per heavy atom. The van der Waals surface area contributed by atoms with Crippen LogP contribution in [0.5, 0.6) is 0 Å². The number of ketones is 1. The van der Waals surface area contributed by atoms with E-state index in [0.29, 0.717) is 16.8 Å². The Labute approximate surface area is 109 Å². The van der Waals surface area contributed by atoms with E-state index in [1.54, 1.807) is 18.2 Å². The van der Waals surface area contributed by atoms with Crippen LogP contribution in [0.3, 0.4) is 0 Å². The lowest BCUT2D eigenvalue weighted by Crippen LogP contribution is -2.02. The predicted octanol–water partition coefficient (Wildman–Crippen LogP) is 3.57. The lowest BCUT2D eigenvalue weighted by Gasteiger charge is -2.05. The second-order valence-electron chi connectivity index (χ2n) is 3.93. The fraction of sp³-hybridized carbons (Fsp3) is 0.0714. The van der Waals surface area contributed by atoms with Crippen molar-refractivity contribution < 1.29 is 4.79 Å². The molecule has 86 valence electrons. The van der Waals surface area contributed by atoms with Crippen molar-refractivity contribution in [3.63, 3.8) is 0 Å². The van der Waals surface area contributed by atoms with Gasteiger partial charge in [-0.2, -0.15) is 0 Å². The average molecular weight is 290 g/mol. The van der Waals surface area contributed by atoms with Crippen molar-refractivity contribution in [1.29, 1.82) is 0 Å². The van der Waals surface area contributed by atoms with Crippen LogP contribution < -0.4 is 5.73 Å². The number of benzene rings is 2. The molecule has 0 aliphatic heterocycles. The molecule has 2 nitrogen and oxygen atoms in total. The van der Waals surface area contributed by atoms with Crippen LogP contribution in [0.4, 0.5) is 5.69 Å². The van der Waals surface area contributed by atoms with Crippen molar-refractivity contribution in [2.45, 2.75) is 6.92 Å². The molecule has 0 fully saturated rings. The van der Waals surface area contributed by atoms with Crippen LogP contribution in [-0.4, -0.2) is 5.78 Å². The Bertz CT molecular complexity index is 561. The lowest BCUT2D eigenvalue weighted by molar-refractivity contribution is 0.103. The van der Waals surface area contributed by atoms with E-state index in [-0.39, 0.29) is 5.78 Å². The van der Waals surface area contributed by atoms with Gasteiger partial charge >= 0.3 is 0 Å². The van der Waals surface area contributed by atoms with E-state index in [0.717, 1.165) is 10.0 Å². The molecule has 2 aromatic carbocycles. The topological polar surface area (TPSA) is 43.1 Å². The third-order valence-electron chi connectivity index (χ3n) is 2.55. The maximum atomic E-state index is 12.2. The molecule has 0 aromatic heterocycles. The number of aryl methyl sites for hydroxylation is 1. The Balaban J connectivity index is 2.40. The Morgan fingerprint density at radius 1 is 1.12 bits per heavy atom. The minimum Gasteiger partial charge on any atom is -0.399 e. The fourth-order valence-electron chi connectivity index (χ4n) is 1.58. The molecule has 0 saturated heterocycles. The van der Waals surface area contributed by atoms with Gasteiger partial charge < -0.3 is 5.73 Å². The number of hydrogen-bond donors (Lipinski definition) is 1. The SMILES string of the molecule is Cc1ccc(C(=O)c2ccc(N)cc2Br)cc1. The quantitative estimate of drug-likeness (QED) is 0.678. The molecule has 0 spiro atoms. The summed E-state index contributed by atoms with van der Waals surface area (Å²) in [6, 6.07) is 12.7. The van der Waals surface area contributed by atoms with Crippen molar-refractivity contribution in [3.05, 3.63) is 63.6 Å². The normalized spacial score (nSPS) is 10.2. The summed E-state index contributed by atoms with van der Waals surface area (Å²) in [6.45, 7) is 1.99. The lowest BCUT2D eigenvalue weighted by atomic mass is 10.0. The molecule has 0 aliphatic rings. The van der Waals surface area contributed by atoms with Gasteiger partial charge in [0.2, 0.25) is 0 Å². The Morgan fingerprint density at radius 3 is 2.35 bits per heavy atom. The predicted molar refractivity (Wildman–Crippen MR) is 73.2 cm³/mol. The van der Waals surface area contributed by atoms with E-state index in [4.69, 9.17) is 5.73 Å². The molecule has 0 heterocycles. The first-order valence-corrected chi connectivity index (χ1v) is 6.03. The van der Waals surface area contributed by atoms with Crippen LogP contribution in [0.1, 0.15) is 21.5 Å². The van der Waals surface area contributed by atoms with Gasteiger partial charge in [-0.3, -0.25) is 4.79 Å². The number of nitrogen functional groups attached to an aromatic ring is 1. The highest BCUT2D eigenvalue weighted by atomic mass is 79.9. The minimum atomic E-state index is -0.00289. The first-order chi connectivity index (χ1) is 8.08. The number of anilines is 1. The second-order valence-corrected chi connectivity index (χ2v) is 4.79. The highest BCUT2D eigenvalue weighted by molar-refractivity contribution is 9.10. The fourth-order valence-corrected chi connectivity index (χ4v) is 2.15. The summed E-state index contributed by atoms with van der Waals surface area (Å²) in [4.78, 5) is 12.2. The summed E-state index contributed by atoms with van der Waals surface area (Å²) in [5.41, 5.74) is 8.73. The van der Waals surface area contributed by atoms with E-state index >= 15 is 0 Å². The van der Waals surface area contributed by atoms with Crippen molar-refractivity contribution in [2.75, 3.05) is 5.73 Å². The zero-order chi connectivity index (χ0) is 12.4. The maximum Gasteiger partial charge on any atom is 0.194 e. The van der Waals surface area contributed by atoms with Gasteiger partial charge in [0.1, 0.15) is 0 Å². The molecule has 2 aromatic rings. The van der Waals surface area contributed by atoms with Crippen molar-refractivity contribution in [2.24, 2.45) is 0 Å². The van der Waals surface area contributed by atoms with E-state index in [9.17, 15) is 4.79 Å². The van der Waals surface area contributed by atoms with Crippen LogP contribution in [0.15, 0.2) is 46.9 Å². The van der Waals surface area contributed by atoms with Gasteiger partial charge in [-0.1, -0.05) is 29.8 Å². The van der Waals surface area contributed by atoms with Crippen LogP contribution in [-0.2, 0) is 0 Å². The zero-order valence-corrected chi connectivity index (χ0v) is 11.0. The number of carbonyl (C=O) groups excluding carboxylic acids is 1. The molecular weight excluding hydrogens is 278 g/mol. The molecule has 0 saturated carbocycles. The van der Waals surface area contributed by atoms with E-state index in [1.807, 2.05) is 31.2 Å². The van der Waals surface area contributed by atoms with Crippen LogP contribution >= 0.6 is 15.9 Å². The van der Waals surface area contributed by atoms with Crippen LogP contribution in [0.2, 0.25) is 0 Å². The van der Waals surface area contributed by atoms with Crippen molar-refractivity contribution in [1.82, 2.24) is 0 Å². The minimum absolute atomic E-state index is 0.00289. The number of carbonyl (C=O) groups is 1. The van der Waals surface area contributed by atoms with E-state index in [1.165, 1.54) is 0 Å². The Hall–Kier alpha value is -1.61. The van der Waals surface area contributed by atoms with Gasteiger partial charge in [0, 0.05) is 21.3 Å². The molecular formula is C14H12BrNO. The number of hydrogen-bond acceptors (Lipinski definition) is 2. The summed E-state index contributed by atoms with van der Waals surface area (Å²) < 4.78 is 0.725. The molecule has 17 heavy (non-hydrogen) atoms. The zero-order valence-electron chi connectivity index (χ0n) is 9.41. The van der Waals surface area contributed by atoms with Gasteiger partial charge in [-0.25, -0.2) is 0 Å². The first kappa shape index (κ1) is 11.9. The number of halogens is 1. The third-order valence-corrected chi connectivity index (χ3v) is 3.21. The summed E-state index contributed by atoms with van der Waals surface area (Å²) in [7, 11) is 0. The van der Waals surface area contributed by atoms with Crippen molar-refractivity contribution in [3.8, 4) is 0 Å². The summed E-state index contributed by atoms with van der Waals surface area (Å²) in [5.74, 6) is -0.00289. The molecule has 2 N–H and O–H groups in total. The first-order valence-electron chi connectivity index (χ1n) is 5.24. The summed E-state index contributed by atoms with van der Waals surface area (Å²) in [5, 5.41) is 0. The standard InChI is InChI=1S/C14H12BrNO/c1-9-2-4-10(5-3-9)14(17)12-7-6-11(16)8-13(12)15/h2-8H,16H2,1H3.